The van der Waals surface area contributed by atoms with Gasteiger partial charge in [0.25, 0.3) is 0 Å². The molecule has 1 aromatic heterocycles. The summed E-state index contributed by atoms with van der Waals surface area (Å²) >= 11 is 1.69. The van der Waals surface area contributed by atoms with Gasteiger partial charge in [0.15, 0.2) is 0 Å². The predicted octanol–water partition coefficient (Wildman–Crippen LogP) is 3.54. The van der Waals surface area contributed by atoms with Gasteiger partial charge in [0, 0.05) is 10.4 Å². The molecule has 0 aliphatic rings. The number of unbranched alkanes of at least 4 members (excludes halogenated alkanes) is 1. The van der Waals surface area contributed by atoms with Crippen LogP contribution in [0.5, 0.6) is 0 Å². The first kappa shape index (κ1) is 13.2. The zero-order valence-corrected chi connectivity index (χ0v) is 11.3. The largest absolute Gasteiger partial charge is 0.330 e. The molecule has 2 nitrogen and oxygen atoms in total. The lowest BCUT2D eigenvalue weighted by atomic mass is 10.1. The first-order chi connectivity index (χ1) is 8.70. The van der Waals surface area contributed by atoms with Crippen LogP contribution in [0.1, 0.15) is 22.7 Å². The highest BCUT2D eigenvalue weighted by Gasteiger charge is 2.10. The van der Waals surface area contributed by atoms with Crippen LogP contribution >= 0.6 is 11.3 Å². The van der Waals surface area contributed by atoms with Gasteiger partial charge >= 0.3 is 0 Å². The van der Waals surface area contributed by atoms with Gasteiger partial charge in [0.1, 0.15) is 5.82 Å². The minimum Gasteiger partial charge on any atom is -0.330 e. The SMILES string of the molecule is Cc1sc(CCCCN)nc1-c1cccc(F)c1. The second-order valence-electron chi connectivity index (χ2n) is 4.27. The van der Waals surface area contributed by atoms with Crippen molar-refractivity contribution in [3.05, 3.63) is 40.0 Å². The van der Waals surface area contributed by atoms with E-state index in [1.54, 1.807) is 17.4 Å². The molecule has 0 atom stereocenters. The summed E-state index contributed by atoms with van der Waals surface area (Å²) in [5, 5.41) is 1.11. The highest BCUT2D eigenvalue weighted by atomic mass is 32.1. The number of nitrogens with zero attached hydrogens (tertiary/aromatic N) is 1. The van der Waals surface area contributed by atoms with Gasteiger partial charge in [0.2, 0.25) is 0 Å². The lowest BCUT2D eigenvalue weighted by Gasteiger charge is -1.98. The fourth-order valence-corrected chi connectivity index (χ4v) is 2.88. The molecule has 1 aromatic carbocycles. The fraction of sp³-hybridized carbons (Fsp3) is 0.357. The van der Waals surface area contributed by atoms with Gasteiger partial charge in [-0.1, -0.05) is 12.1 Å². The van der Waals surface area contributed by atoms with E-state index in [1.807, 2.05) is 13.0 Å². The van der Waals surface area contributed by atoms with Crippen molar-refractivity contribution in [2.45, 2.75) is 26.2 Å². The molecule has 0 saturated heterocycles. The van der Waals surface area contributed by atoms with Crippen molar-refractivity contribution in [2.75, 3.05) is 6.54 Å². The number of benzene rings is 1. The van der Waals surface area contributed by atoms with Crippen LogP contribution in [0.4, 0.5) is 4.39 Å². The van der Waals surface area contributed by atoms with Gasteiger partial charge in [-0.05, 0) is 44.9 Å². The van der Waals surface area contributed by atoms with Crippen LogP contribution in [0.25, 0.3) is 11.3 Å². The van der Waals surface area contributed by atoms with Crippen molar-refractivity contribution in [2.24, 2.45) is 5.73 Å². The number of aromatic nitrogens is 1. The van der Waals surface area contributed by atoms with E-state index in [4.69, 9.17) is 5.73 Å². The Labute approximate surface area is 111 Å². The molecule has 4 heteroatoms. The Kier molecular flexibility index (Phi) is 4.44. The highest BCUT2D eigenvalue weighted by molar-refractivity contribution is 7.12. The highest BCUT2D eigenvalue weighted by Crippen LogP contribution is 2.28. The molecular weight excluding hydrogens is 247 g/mol. The van der Waals surface area contributed by atoms with Crippen LogP contribution < -0.4 is 5.73 Å². The van der Waals surface area contributed by atoms with Crippen molar-refractivity contribution in [3.8, 4) is 11.3 Å². The minimum absolute atomic E-state index is 0.218. The smallest absolute Gasteiger partial charge is 0.123 e. The summed E-state index contributed by atoms with van der Waals surface area (Å²) in [7, 11) is 0. The van der Waals surface area contributed by atoms with Crippen LogP contribution in [-0.2, 0) is 6.42 Å². The second kappa shape index (κ2) is 6.07. The Morgan fingerprint density at radius 3 is 2.89 bits per heavy atom. The summed E-state index contributed by atoms with van der Waals surface area (Å²) in [6, 6.07) is 6.60. The quantitative estimate of drug-likeness (QED) is 0.839. The molecule has 2 N–H and O–H groups in total. The lowest BCUT2D eigenvalue weighted by Crippen LogP contribution is -1.98. The molecule has 0 bridgehead atoms. The van der Waals surface area contributed by atoms with Gasteiger partial charge in [-0.15, -0.1) is 11.3 Å². The van der Waals surface area contributed by atoms with Crippen molar-refractivity contribution in [1.29, 1.82) is 0 Å². The van der Waals surface area contributed by atoms with Crippen molar-refractivity contribution >= 4 is 11.3 Å². The number of rotatable bonds is 5. The second-order valence-corrected chi connectivity index (χ2v) is 5.56. The summed E-state index contributed by atoms with van der Waals surface area (Å²) in [6.07, 6.45) is 3.04. The molecule has 0 aliphatic carbocycles. The van der Waals surface area contributed by atoms with E-state index < -0.39 is 0 Å². The summed E-state index contributed by atoms with van der Waals surface area (Å²) in [4.78, 5) is 5.75. The van der Waals surface area contributed by atoms with E-state index in [0.29, 0.717) is 0 Å². The Morgan fingerprint density at radius 1 is 1.33 bits per heavy atom. The van der Waals surface area contributed by atoms with Gasteiger partial charge in [-0.2, -0.15) is 0 Å². The van der Waals surface area contributed by atoms with E-state index in [1.165, 1.54) is 12.1 Å². The number of halogens is 1. The van der Waals surface area contributed by atoms with Crippen molar-refractivity contribution in [3.63, 3.8) is 0 Å². The average Bonchev–Trinajstić information content (AvgIpc) is 2.71. The third-order valence-electron chi connectivity index (χ3n) is 2.78. The Bertz CT molecular complexity index is 522. The Hall–Kier alpha value is -1.26. The molecule has 0 unspecified atom stereocenters. The van der Waals surface area contributed by atoms with E-state index in [-0.39, 0.29) is 5.82 Å². The Morgan fingerprint density at radius 2 is 2.17 bits per heavy atom. The zero-order chi connectivity index (χ0) is 13.0. The topological polar surface area (TPSA) is 38.9 Å². The summed E-state index contributed by atoms with van der Waals surface area (Å²) in [5.74, 6) is -0.218. The van der Waals surface area contributed by atoms with E-state index in [0.717, 1.165) is 46.9 Å². The number of hydrogen-bond donors (Lipinski definition) is 1. The maximum Gasteiger partial charge on any atom is 0.123 e. The molecule has 0 saturated carbocycles. The van der Waals surface area contributed by atoms with Crippen LogP contribution in [0, 0.1) is 12.7 Å². The third-order valence-corrected chi connectivity index (χ3v) is 3.81. The maximum atomic E-state index is 13.2. The number of hydrogen-bond acceptors (Lipinski definition) is 3. The monoisotopic (exact) mass is 264 g/mol. The normalized spacial score (nSPS) is 10.8. The molecule has 2 rings (SSSR count). The molecule has 0 aliphatic heterocycles. The number of nitrogens with two attached hydrogens (primary N) is 1. The molecule has 0 spiro atoms. The standard InChI is InChI=1S/C14H17FN2S/c1-10-14(11-5-4-6-12(15)9-11)17-13(18-10)7-2-3-8-16/h4-6,9H,2-3,7-8,16H2,1H3. The number of aryl methyl sites for hydroxylation is 2. The van der Waals surface area contributed by atoms with Crippen LogP contribution in [0.3, 0.4) is 0 Å². The first-order valence-electron chi connectivity index (χ1n) is 6.13. The van der Waals surface area contributed by atoms with E-state index >= 15 is 0 Å². The molecule has 18 heavy (non-hydrogen) atoms. The van der Waals surface area contributed by atoms with Crippen LogP contribution in [0.2, 0.25) is 0 Å². The fourth-order valence-electron chi connectivity index (χ4n) is 1.88. The summed E-state index contributed by atoms with van der Waals surface area (Å²) in [5.41, 5.74) is 7.24. The maximum absolute atomic E-state index is 13.2. The molecule has 2 aromatic rings. The molecule has 96 valence electrons. The summed E-state index contributed by atoms with van der Waals surface area (Å²) < 4.78 is 13.2. The average molecular weight is 264 g/mol. The van der Waals surface area contributed by atoms with E-state index in [2.05, 4.69) is 4.98 Å². The van der Waals surface area contributed by atoms with E-state index in [9.17, 15) is 4.39 Å². The third kappa shape index (κ3) is 3.15. The van der Waals surface area contributed by atoms with Crippen LogP contribution in [-0.4, -0.2) is 11.5 Å². The van der Waals surface area contributed by atoms with Gasteiger partial charge in [0.05, 0.1) is 10.7 Å². The molecule has 0 fully saturated rings. The Balaban J connectivity index is 2.18. The summed E-state index contributed by atoms with van der Waals surface area (Å²) in [6.45, 7) is 2.76. The molecule has 0 radical (unpaired) electrons. The van der Waals surface area contributed by atoms with Crippen molar-refractivity contribution in [1.82, 2.24) is 4.98 Å². The molecule has 0 amide bonds. The van der Waals surface area contributed by atoms with Gasteiger partial charge in [-0.3, -0.25) is 0 Å². The van der Waals surface area contributed by atoms with Crippen molar-refractivity contribution < 1.29 is 4.39 Å². The molecular formula is C14H17FN2S. The van der Waals surface area contributed by atoms with Gasteiger partial charge in [-0.25, -0.2) is 9.37 Å². The van der Waals surface area contributed by atoms with Crippen LogP contribution in [0.15, 0.2) is 24.3 Å². The lowest BCUT2D eigenvalue weighted by molar-refractivity contribution is 0.628. The predicted molar refractivity (Wildman–Crippen MR) is 74.2 cm³/mol. The first-order valence-corrected chi connectivity index (χ1v) is 6.94. The number of thiazole rings is 1. The zero-order valence-electron chi connectivity index (χ0n) is 10.4. The van der Waals surface area contributed by atoms with Gasteiger partial charge < -0.3 is 5.73 Å². The molecule has 1 heterocycles. The minimum atomic E-state index is -0.218.